The number of aromatic amines is 1. The number of aromatic nitrogens is 2. The van der Waals surface area contributed by atoms with E-state index >= 15 is 0 Å². The van der Waals surface area contributed by atoms with Crippen LogP contribution in [0.2, 0.25) is 5.02 Å². The summed E-state index contributed by atoms with van der Waals surface area (Å²) in [6.07, 6.45) is 0. The van der Waals surface area contributed by atoms with E-state index in [-0.39, 0.29) is 5.91 Å². The molecule has 0 saturated carbocycles. The Morgan fingerprint density at radius 3 is 2.48 bits per heavy atom. The Morgan fingerprint density at radius 1 is 1.00 bits per heavy atom. The lowest BCUT2D eigenvalue weighted by atomic mass is 10.1. The molecule has 0 radical (unpaired) electrons. The minimum Gasteiger partial charge on any atom is -0.338 e. The zero-order valence-corrected chi connectivity index (χ0v) is 15.8. The van der Waals surface area contributed by atoms with Crippen LogP contribution in [0.25, 0.3) is 22.4 Å². The van der Waals surface area contributed by atoms with E-state index in [2.05, 4.69) is 41.3 Å². The summed E-state index contributed by atoms with van der Waals surface area (Å²) < 4.78 is 0. The van der Waals surface area contributed by atoms with E-state index in [1.165, 1.54) is 11.1 Å². The monoisotopic (exact) mass is 375 g/mol. The third-order valence-corrected chi connectivity index (χ3v) is 4.84. The van der Waals surface area contributed by atoms with Gasteiger partial charge >= 0.3 is 0 Å². The summed E-state index contributed by atoms with van der Waals surface area (Å²) in [7, 11) is 0. The van der Waals surface area contributed by atoms with Crippen molar-refractivity contribution >= 4 is 34.2 Å². The van der Waals surface area contributed by atoms with Crippen molar-refractivity contribution in [2.45, 2.75) is 13.8 Å². The van der Waals surface area contributed by atoms with Crippen molar-refractivity contribution in [1.29, 1.82) is 0 Å². The molecule has 0 unspecified atom stereocenters. The first-order valence-electron chi connectivity index (χ1n) is 8.64. The van der Waals surface area contributed by atoms with Gasteiger partial charge in [-0.3, -0.25) is 4.79 Å². The predicted molar refractivity (Wildman–Crippen MR) is 110 cm³/mol. The number of imidazole rings is 1. The van der Waals surface area contributed by atoms with Crippen molar-refractivity contribution in [2.24, 2.45) is 0 Å². The topological polar surface area (TPSA) is 57.8 Å². The van der Waals surface area contributed by atoms with E-state index in [1.54, 1.807) is 24.3 Å². The van der Waals surface area contributed by atoms with E-state index in [4.69, 9.17) is 11.6 Å². The molecule has 0 aliphatic heterocycles. The first-order valence-corrected chi connectivity index (χ1v) is 9.02. The highest BCUT2D eigenvalue weighted by Crippen LogP contribution is 2.24. The molecule has 1 aromatic heterocycles. The quantitative estimate of drug-likeness (QED) is 0.478. The lowest BCUT2D eigenvalue weighted by molar-refractivity contribution is 0.102. The highest BCUT2D eigenvalue weighted by Gasteiger charge is 2.09. The van der Waals surface area contributed by atoms with Crippen molar-refractivity contribution in [1.82, 2.24) is 9.97 Å². The minimum atomic E-state index is -0.195. The molecule has 2 N–H and O–H groups in total. The highest BCUT2D eigenvalue weighted by atomic mass is 35.5. The summed E-state index contributed by atoms with van der Waals surface area (Å²) in [6.45, 7) is 4.17. The molecule has 1 amide bonds. The SMILES string of the molecule is Cc1cc2nc(-c3ccc(NC(=O)c4cccc(Cl)c4)cc3)[nH]c2cc1C. The number of aryl methyl sites for hydroxylation is 2. The van der Waals surface area contributed by atoms with Crippen LogP contribution in [0.5, 0.6) is 0 Å². The fraction of sp³-hybridized carbons (Fsp3) is 0.0909. The molecule has 27 heavy (non-hydrogen) atoms. The Morgan fingerprint density at radius 2 is 1.74 bits per heavy atom. The maximum Gasteiger partial charge on any atom is 0.255 e. The molecule has 0 aliphatic carbocycles. The van der Waals surface area contributed by atoms with E-state index in [0.29, 0.717) is 16.3 Å². The molecule has 0 saturated heterocycles. The van der Waals surface area contributed by atoms with Gasteiger partial charge in [-0.05, 0) is 79.6 Å². The van der Waals surface area contributed by atoms with Crippen molar-refractivity contribution in [3.05, 3.63) is 82.4 Å². The largest absolute Gasteiger partial charge is 0.338 e. The minimum absolute atomic E-state index is 0.195. The Kier molecular flexibility index (Phi) is 4.42. The third kappa shape index (κ3) is 3.57. The molecule has 0 atom stereocenters. The Balaban J connectivity index is 1.56. The highest BCUT2D eigenvalue weighted by molar-refractivity contribution is 6.31. The maximum absolute atomic E-state index is 12.3. The van der Waals surface area contributed by atoms with Crippen LogP contribution < -0.4 is 5.32 Å². The fourth-order valence-electron chi connectivity index (χ4n) is 2.95. The number of fused-ring (bicyclic) bond motifs is 1. The lowest BCUT2D eigenvalue weighted by Gasteiger charge is -2.06. The Labute approximate surface area is 162 Å². The third-order valence-electron chi connectivity index (χ3n) is 4.60. The molecule has 134 valence electrons. The maximum atomic E-state index is 12.3. The summed E-state index contributed by atoms with van der Waals surface area (Å²) >= 11 is 5.94. The van der Waals surface area contributed by atoms with Crippen LogP contribution in [0.15, 0.2) is 60.7 Å². The number of H-pyrrole nitrogens is 1. The van der Waals surface area contributed by atoms with Crippen LogP contribution in [0, 0.1) is 13.8 Å². The van der Waals surface area contributed by atoms with Gasteiger partial charge in [-0.15, -0.1) is 0 Å². The van der Waals surface area contributed by atoms with Gasteiger partial charge in [0.25, 0.3) is 5.91 Å². The number of hydrogen-bond donors (Lipinski definition) is 2. The van der Waals surface area contributed by atoms with Gasteiger partial charge in [0.1, 0.15) is 5.82 Å². The van der Waals surface area contributed by atoms with Crippen molar-refractivity contribution in [3.8, 4) is 11.4 Å². The summed E-state index contributed by atoms with van der Waals surface area (Å²) in [5.41, 5.74) is 6.62. The molecular weight excluding hydrogens is 358 g/mol. The average Bonchev–Trinajstić information content (AvgIpc) is 3.05. The normalized spacial score (nSPS) is 10.9. The van der Waals surface area contributed by atoms with Gasteiger partial charge in [-0.25, -0.2) is 4.98 Å². The molecule has 4 rings (SSSR count). The number of carbonyl (C=O) groups excluding carboxylic acids is 1. The second-order valence-electron chi connectivity index (χ2n) is 6.58. The van der Waals surface area contributed by atoms with Gasteiger partial charge in [-0.1, -0.05) is 17.7 Å². The molecule has 0 spiro atoms. The summed E-state index contributed by atoms with van der Waals surface area (Å²) in [5.74, 6) is 0.614. The van der Waals surface area contributed by atoms with Gasteiger partial charge in [0.05, 0.1) is 11.0 Å². The molecule has 3 aromatic carbocycles. The second-order valence-corrected chi connectivity index (χ2v) is 7.02. The van der Waals surface area contributed by atoms with Crippen molar-refractivity contribution < 1.29 is 4.79 Å². The van der Waals surface area contributed by atoms with Crippen molar-refractivity contribution in [2.75, 3.05) is 5.32 Å². The fourth-order valence-corrected chi connectivity index (χ4v) is 3.14. The molecule has 0 fully saturated rings. The van der Waals surface area contributed by atoms with Gasteiger partial charge in [0, 0.05) is 21.8 Å². The second kappa shape index (κ2) is 6.89. The van der Waals surface area contributed by atoms with Crippen LogP contribution >= 0.6 is 11.6 Å². The molecule has 4 aromatic rings. The van der Waals surface area contributed by atoms with E-state index in [9.17, 15) is 4.79 Å². The van der Waals surface area contributed by atoms with E-state index in [0.717, 1.165) is 22.4 Å². The molecule has 5 heteroatoms. The standard InChI is InChI=1S/C22H18ClN3O/c1-13-10-19-20(11-14(13)2)26-21(25-19)15-6-8-18(9-7-15)24-22(27)16-4-3-5-17(23)12-16/h3-12H,1-2H3,(H,24,27)(H,25,26). The number of amides is 1. The number of anilines is 1. The Bertz CT molecular complexity index is 1110. The van der Waals surface area contributed by atoms with E-state index in [1.807, 2.05) is 24.3 Å². The molecule has 1 heterocycles. The lowest BCUT2D eigenvalue weighted by Crippen LogP contribution is -2.11. The van der Waals surface area contributed by atoms with Gasteiger partial charge in [0.2, 0.25) is 0 Å². The molecular formula is C22H18ClN3O. The number of halogens is 1. The van der Waals surface area contributed by atoms with Crippen LogP contribution in [0.1, 0.15) is 21.5 Å². The summed E-state index contributed by atoms with van der Waals surface area (Å²) in [4.78, 5) is 20.3. The van der Waals surface area contributed by atoms with Crippen molar-refractivity contribution in [3.63, 3.8) is 0 Å². The number of nitrogens with one attached hydrogen (secondary N) is 2. The molecule has 0 bridgehead atoms. The van der Waals surface area contributed by atoms with E-state index < -0.39 is 0 Å². The predicted octanol–water partition coefficient (Wildman–Crippen LogP) is 5.75. The molecule has 4 nitrogen and oxygen atoms in total. The molecule has 0 aliphatic rings. The number of nitrogens with zero attached hydrogens (tertiary/aromatic N) is 1. The summed E-state index contributed by atoms with van der Waals surface area (Å²) in [5, 5.41) is 3.41. The number of hydrogen-bond acceptors (Lipinski definition) is 2. The van der Waals surface area contributed by atoms with Crippen LogP contribution in [0.4, 0.5) is 5.69 Å². The summed E-state index contributed by atoms with van der Waals surface area (Å²) in [6, 6.07) is 18.7. The van der Waals surface area contributed by atoms with Gasteiger partial charge in [-0.2, -0.15) is 0 Å². The first-order chi connectivity index (χ1) is 13.0. The van der Waals surface area contributed by atoms with Gasteiger partial charge in [0.15, 0.2) is 0 Å². The van der Waals surface area contributed by atoms with Crippen LogP contribution in [-0.4, -0.2) is 15.9 Å². The van der Waals surface area contributed by atoms with Crippen LogP contribution in [0.3, 0.4) is 0 Å². The average molecular weight is 376 g/mol. The number of rotatable bonds is 3. The zero-order valence-electron chi connectivity index (χ0n) is 15.0. The number of carbonyl (C=O) groups is 1. The first kappa shape index (κ1) is 17.3. The van der Waals surface area contributed by atoms with Gasteiger partial charge < -0.3 is 10.3 Å². The van der Waals surface area contributed by atoms with Crippen LogP contribution in [-0.2, 0) is 0 Å². The smallest absolute Gasteiger partial charge is 0.255 e. The zero-order chi connectivity index (χ0) is 19.0. The number of benzene rings is 3. The Hall–Kier alpha value is -3.11.